The molecule has 6 nitrogen and oxygen atoms in total. The zero-order valence-electron chi connectivity index (χ0n) is 19.0. The van der Waals surface area contributed by atoms with E-state index in [9.17, 15) is 0 Å². The zero-order chi connectivity index (χ0) is 22.4. The van der Waals surface area contributed by atoms with Gasteiger partial charge in [-0.2, -0.15) is 0 Å². The summed E-state index contributed by atoms with van der Waals surface area (Å²) in [7, 11) is 0. The average Bonchev–Trinajstić information content (AvgIpc) is 3.43. The number of likely N-dealkylation sites (tertiary alicyclic amines) is 1. The van der Waals surface area contributed by atoms with E-state index in [0.717, 1.165) is 42.2 Å². The Hall–Kier alpha value is -2.64. The first-order valence-electron chi connectivity index (χ1n) is 11.9. The fourth-order valence-corrected chi connectivity index (χ4v) is 5.96. The topological polar surface area (TPSA) is 53.0 Å². The van der Waals surface area contributed by atoms with Crippen LogP contribution < -0.4 is 4.90 Å². The number of benzene rings is 2. The molecule has 0 spiro atoms. The van der Waals surface area contributed by atoms with Gasteiger partial charge in [-0.25, -0.2) is 0 Å². The molecular formula is C26H29BrN6. The molecule has 1 fully saturated rings. The number of halogens is 1. The molecule has 0 unspecified atom stereocenters. The van der Waals surface area contributed by atoms with E-state index < -0.39 is 0 Å². The van der Waals surface area contributed by atoms with E-state index >= 15 is 0 Å². The number of aryl methyl sites for hydroxylation is 1. The van der Waals surface area contributed by atoms with Gasteiger partial charge in [0.2, 0.25) is 0 Å². The van der Waals surface area contributed by atoms with Crippen LogP contribution >= 0.6 is 15.9 Å². The number of nitrogens with one attached hydrogen (secondary N) is 1. The molecule has 0 aliphatic carbocycles. The summed E-state index contributed by atoms with van der Waals surface area (Å²) in [6, 6.07) is 15.2. The average molecular weight is 505 g/mol. The van der Waals surface area contributed by atoms with Gasteiger partial charge in [0.25, 0.3) is 0 Å². The maximum atomic E-state index is 4.42. The molecule has 1 saturated heterocycles. The third-order valence-electron chi connectivity index (χ3n) is 7.29. The van der Waals surface area contributed by atoms with Gasteiger partial charge in [-0.3, -0.25) is 4.57 Å². The number of aromatic nitrogens is 4. The summed E-state index contributed by atoms with van der Waals surface area (Å²) in [5.41, 5.74) is 5.21. The Bertz CT molecular complexity index is 1280. The molecule has 170 valence electrons. The van der Waals surface area contributed by atoms with E-state index in [1.165, 1.54) is 53.8 Å². The van der Waals surface area contributed by atoms with Crippen LogP contribution in [0.1, 0.15) is 42.4 Å². The van der Waals surface area contributed by atoms with Crippen molar-refractivity contribution in [2.75, 3.05) is 31.1 Å². The van der Waals surface area contributed by atoms with E-state index in [4.69, 9.17) is 0 Å². The molecule has 0 atom stereocenters. The maximum Gasteiger partial charge on any atom is 0.157 e. The third kappa shape index (κ3) is 3.87. The van der Waals surface area contributed by atoms with Crippen molar-refractivity contribution in [1.82, 2.24) is 24.6 Å². The van der Waals surface area contributed by atoms with Gasteiger partial charge in [-0.05, 0) is 87.6 Å². The molecule has 2 aliphatic heterocycles. The number of rotatable bonds is 5. The molecule has 6 rings (SSSR count). The predicted octanol–water partition coefficient (Wildman–Crippen LogP) is 5.41. The van der Waals surface area contributed by atoms with E-state index in [0.29, 0.717) is 5.92 Å². The summed E-state index contributed by atoms with van der Waals surface area (Å²) in [4.78, 5) is 8.57. The van der Waals surface area contributed by atoms with Crippen LogP contribution in [0.5, 0.6) is 0 Å². The van der Waals surface area contributed by atoms with Gasteiger partial charge in [-0.1, -0.05) is 28.1 Å². The van der Waals surface area contributed by atoms with E-state index in [1.807, 2.05) is 6.92 Å². The van der Waals surface area contributed by atoms with Crippen molar-refractivity contribution in [2.24, 2.45) is 0 Å². The van der Waals surface area contributed by atoms with Crippen molar-refractivity contribution in [2.45, 2.75) is 38.6 Å². The minimum Gasteiger partial charge on any atom is -0.362 e. The Morgan fingerprint density at radius 3 is 2.70 bits per heavy atom. The van der Waals surface area contributed by atoms with Gasteiger partial charge in [0.1, 0.15) is 5.82 Å². The number of piperidine rings is 1. The highest BCUT2D eigenvalue weighted by molar-refractivity contribution is 9.10. The third-order valence-corrected chi connectivity index (χ3v) is 7.79. The second kappa shape index (κ2) is 8.61. The lowest BCUT2D eigenvalue weighted by atomic mass is 9.89. The van der Waals surface area contributed by atoms with Gasteiger partial charge in [0, 0.05) is 28.1 Å². The second-order valence-electron chi connectivity index (χ2n) is 9.31. The number of hydrogen-bond acceptors (Lipinski definition) is 4. The first kappa shape index (κ1) is 20.9. The number of aromatic amines is 1. The standard InChI is InChI=1S/C26H29BrN6/c1-18-29-30-26-17-32(24-5-2-3-6-25(24)33(18)26)12-4-11-31-13-9-19(10-14-31)22-16-28-23-8-7-20(27)15-21(22)23/h2-3,5-8,15-16,19,28H,4,9-14,17H2,1H3. The van der Waals surface area contributed by atoms with Crippen LogP contribution in [0.2, 0.25) is 0 Å². The van der Waals surface area contributed by atoms with E-state index in [-0.39, 0.29) is 0 Å². The largest absolute Gasteiger partial charge is 0.362 e. The fourth-order valence-electron chi connectivity index (χ4n) is 5.60. The first-order chi connectivity index (χ1) is 16.2. The molecule has 0 amide bonds. The van der Waals surface area contributed by atoms with E-state index in [1.54, 1.807) is 0 Å². The Morgan fingerprint density at radius 2 is 1.85 bits per heavy atom. The van der Waals surface area contributed by atoms with Crippen molar-refractivity contribution < 1.29 is 0 Å². The molecule has 33 heavy (non-hydrogen) atoms. The Morgan fingerprint density at radius 1 is 1.03 bits per heavy atom. The molecule has 7 heteroatoms. The van der Waals surface area contributed by atoms with Crippen molar-refractivity contribution in [3.05, 3.63) is 70.3 Å². The first-order valence-corrected chi connectivity index (χ1v) is 12.7. The van der Waals surface area contributed by atoms with Gasteiger partial charge >= 0.3 is 0 Å². The Balaban J connectivity index is 1.06. The number of anilines is 1. The highest BCUT2D eigenvalue weighted by Gasteiger charge is 2.26. The van der Waals surface area contributed by atoms with Gasteiger partial charge in [0.05, 0.1) is 17.9 Å². The monoisotopic (exact) mass is 504 g/mol. The van der Waals surface area contributed by atoms with Crippen LogP contribution in [0.3, 0.4) is 0 Å². The van der Waals surface area contributed by atoms with Crippen molar-refractivity contribution in [3.63, 3.8) is 0 Å². The predicted molar refractivity (Wildman–Crippen MR) is 136 cm³/mol. The van der Waals surface area contributed by atoms with Gasteiger partial charge in [-0.15, -0.1) is 10.2 Å². The van der Waals surface area contributed by atoms with E-state index in [2.05, 4.69) is 94.1 Å². The summed E-state index contributed by atoms with van der Waals surface area (Å²) in [6.07, 6.45) is 5.85. The highest BCUT2D eigenvalue weighted by Crippen LogP contribution is 2.35. The zero-order valence-corrected chi connectivity index (χ0v) is 20.6. The van der Waals surface area contributed by atoms with Crippen LogP contribution in [-0.2, 0) is 6.54 Å². The fraction of sp³-hybridized carbons (Fsp3) is 0.385. The molecule has 0 saturated carbocycles. The van der Waals surface area contributed by atoms with Crippen LogP contribution in [0.25, 0.3) is 16.6 Å². The molecule has 2 aliphatic rings. The van der Waals surface area contributed by atoms with Gasteiger partial charge in [0.15, 0.2) is 5.82 Å². The second-order valence-corrected chi connectivity index (χ2v) is 10.2. The minimum absolute atomic E-state index is 0.646. The molecule has 2 aromatic heterocycles. The molecule has 4 heterocycles. The molecule has 4 aromatic rings. The molecule has 0 bridgehead atoms. The van der Waals surface area contributed by atoms with Crippen LogP contribution in [0.15, 0.2) is 53.1 Å². The summed E-state index contributed by atoms with van der Waals surface area (Å²) < 4.78 is 3.35. The van der Waals surface area contributed by atoms with Crippen LogP contribution in [0, 0.1) is 6.92 Å². The summed E-state index contributed by atoms with van der Waals surface area (Å²) in [6.45, 7) is 7.40. The molecule has 0 radical (unpaired) electrons. The van der Waals surface area contributed by atoms with Crippen LogP contribution in [0.4, 0.5) is 5.69 Å². The Labute approximate surface area is 202 Å². The molecular weight excluding hydrogens is 476 g/mol. The van der Waals surface area contributed by atoms with Gasteiger partial charge < -0.3 is 14.8 Å². The number of nitrogens with zero attached hydrogens (tertiary/aromatic N) is 5. The number of hydrogen-bond donors (Lipinski definition) is 1. The Kier molecular flexibility index (Phi) is 5.46. The lowest BCUT2D eigenvalue weighted by molar-refractivity contribution is 0.211. The maximum absolute atomic E-state index is 4.42. The number of fused-ring (bicyclic) bond motifs is 4. The van der Waals surface area contributed by atoms with Crippen molar-refractivity contribution >= 4 is 32.5 Å². The number of para-hydroxylation sites is 2. The number of H-pyrrole nitrogens is 1. The lowest BCUT2D eigenvalue weighted by Gasteiger charge is -2.34. The quantitative estimate of drug-likeness (QED) is 0.394. The molecule has 1 N–H and O–H groups in total. The van der Waals surface area contributed by atoms with Crippen molar-refractivity contribution in [1.29, 1.82) is 0 Å². The minimum atomic E-state index is 0.646. The lowest BCUT2D eigenvalue weighted by Crippen LogP contribution is -2.36. The highest BCUT2D eigenvalue weighted by atomic mass is 79.9. The van der Waals surface area contributed by atoms with Crippen molar-refractivity contribution in [3.8, 4) is 5.69 Å². The SMILES string of the molecule is Cc1nnc2n1-c1ccccc1N(CCCN1CCC(c3c[nH]c4ccc(Br)cc34)CC1)C2. The summed E-state index contributed by atoms with van der Waals surface area (Å²) in [5, 5.41) is 10.1. The normalized spacial score (nSPS) is 16.8. The smallest absolute Gasteiger partial charge is 0.157 e. The summed E-state index contributed by atoms with van der Waals surface area (Å²) in [5.74, 6) is 2.65. The molecule has 2 aromatic carbocycles. The van der Waals surface area contributed by atoms with Crippen LogP contribution in [-0.4, -0.2) is 50.8 Å². The summed E-state index contributed by atoms with van der Waals surface area (Å²) >= 11 is 3.63.